The normalized spacial score (nSPS) is 23.5. The lowest BCUT2D eigenvalue weighted by atomic mass is 9.86. The Bertz CT molecular complexity index is 1480. The molecule has 2 heterocycles. The van der Waals surface area contributed by atoms with Gasteiger partial charge in [0, 0.05) is 31.3 Å². The molecule has 5 atom stereocenters. The minimum Gasteiger partial charge on any atom is -0.431 e. The molecule has 1 aliphatic carbocycles. The Hall–Kier alpha value is -3.40. The van der Waals surface area contributed by atoms with E-state index < -0.39 is 45.7 Å². The Morgan fingerprint density at radius 2 is 1.75 bits per heavy atom. The van der Waals surface area contributed by atoms with Gasteiger partial charge in [-0.1, -0.05) is 50.6 Å². The van der Waals surface area contributed by atoms with Crippen LogP contribution in [0.25, 0.3) is 0 Å². The second-order valence-corrected chi connectivity index (χ2v) is 16.8. The van der Waals surface area contributed by atoms with Crippen molar-refractivity contribution in [2.75, 3.05) is 25.9 Å². The number of hydrogen-bond donors (Lipinski definition) is 3. The summed E-state index contributed by atoms with van der Waals surface area (Å²) in [4.78, 5) is 58.2. The first-order valence-electron chi connectivity index (χ1n) is 18.2. The molecular weight excluding hydrogens is 676 g/mol. The van der Waals surface area contributed by atoms with Crippen molar-refractivity contribution < 1.29 is 37.1 Å². The van der Waals surface area contributed by atoms with E-state index in [4.69, 9.17) is 15.3 Å². The number of benzene rings is 1. The second-order valence-electron chi connectivity index (χ2n) is 15.0. The SMILES string of the molecule is CC(CC(C)(C)C(=O)/N=C/C1CC(CNC(=O)[C@@H]2CCCN2C(=O)[C@@H](Cc2ccccc2)NS(C)(=O)=O)CCN1N)OC(=O)OC1CCCCC1. The van der Waals surface area contributed by atoms with Crippen molar-refractivity contribution in [3.63, 3.8) is 0 Å². The molecule has 0 bridgehead atoms. The Kier molecular flexibility index (Phi) is 14.6. The number of carbonyl (C=O) groups excluding carboxylic acids is 4. The zero-order chi connectivity index (χ0) is 37.2. The van der Waals surface area contributed by atoms with Gasteiger partial charge >= 0.3 is 6.16 Å². The zero-order valence-electron chi connectivity index (χ0n) is 30.4. The summed E-state index contributed by atoms with van der Waals surface area (Å²) >= 11 is 0. The van der Waals surface area contributed by atoms with E-state index in [1.54, 1.807) is 32.0 Å². The molecule has 51 heavy (non-hydrogen) atoms. The minimum atomic E-state index is -3.69. The molecule has 1 aromatic carbocycles. The number of nitrogens with two attached hydrogens (primary N) is 1. The van der Waals surface area contributed by atoms with Crippen molar-refractivity contribution >= 4 is 40.1 Å². The quantitative estimate of drug-likeness (QED) is 0.146. The van der Waals surface area contributed by atoms with Crippen LogP contribution in [0.3, 0.4) is 0 Å². The summed E-state index contributed by atoms with van der Waals surface area (Å²) in [6, 6.07) is 7.08. The maximum atomic E-state index is 13.6. The fourth-order valence-electron chi connectivity index (χ4n) is 7.26. The molecule has 14 nitrogen and oxygen atoms in total. The molecule has 3 unspecified atom stereocenters. The minimum absolute atomic E-state index is 0.0557. The first-order valence-corrected chi connectivity index (χ1v) is 20.1. The third-order valence-corrected chi connectivity index (χ3v) is 10.7. The molecule has 15 heteroatoms. The maximum absolute atomic E-state index is 13.6. The molecule has 0 radical (unpaired) electrons. The van der Waals surface area contributed by atoms with Gasteiger partial charge in [0.25, 0.3) is 5.91 Å². The Balaban J connectivity index is 1.27. The average molecular weight is 733 g/mol. The van der Waals surface area contributed by atoms with Crippen LogP contribution in [-0.4, -0.2) is 105 Å². The molecule has 3 amide bonds. The van der Waals surface area contributed by atoms with Gasteiger partial charge in [0.2, 0.25) is 21.8 Å². The third kappa shape index (κ3) is 12.7. The topological polar surface area (TPSA) is 190 Å². The number of likely N-dealkylation sites (tertiary alicyclic amines) is 1. The van der Waals surface area contributed by atoms with Crippen LogP contribution in [0.2, 0.25) is 0 Å². The van der Waals surface area contributed by atoms with E-state index in [1.165, 1.54) is 4.90 Å². The zero-order valence-corrected chi connectivity index (χ0v) is 31.2. The molecule has 1 saturated carbocycles. The Labute approximate surface area is 302 Å². The second kappa shape index (κ2) is 18.4. The molecule has 2 aliphatic heterocycles. The van der Waals surface area contributed by atoms with E-state index in [9.17, 15) is 27.6 Å². The fraction of sp³-hybridized carbons (Fsp3) is 0.694. The summed E-state index contributed by atoms with van der Waals surface area (Å²) in [6.45, 7) is 6.51. The van der Waals surface area contributed by atoms with Gasteiger partial charge in [-0.25, -0.2) is 27.9 Å². The number of carbonyl (C=O) groups is 4. The standard InChI is InChI=1S/C36H56N6O8S/c1-25(49-35(46)50-29-14-9-6-10-15-29)22-36(2,3)34(45)39-24-28-20-27(17-19-42(28)37)23-38-32(43)31-16-11-18-41(31)33(44)30(40-51(4,47)48)21-26-12-7-5-8-13-26/h5,7-8,12-13,24-25,27-31,40H,6,9-11,14-23,37H2,1-4H3,(H,38,43)/b39-24+/t25?,27?,28?,30-,31+/m1/s1. The summed E-state index contributed by atoms with van der Waals surface area (Å²) in [5, 5.41) is 4.64. The molecule has 4 rings (SSSR count). The van der Waals surface area contributed by atoms with Crippen LogP contribution in [0.1, 0.15) is 90.5 Å². The van der Waals surface area contributed by atoms with Crippen molar-refractivity contribution in [1.29, 1.82) is 0 Å². The van der Waals surface area contributed by atoms with Crippen LogP contribution in [-0.2, 0) is 40.3 Å². The number of hydrazine groups is 1. The summed E-state index contributed by atoms with van der Waals surface area (Å²) in [7, 11) is -3.69. The number of nitrogens with zero attached hydrogens (tertiary/aromatic N) is 3. The molecule has 0 aromatic heterocycles. The first-order chi connectivity index (χ1) is 24.1. The highest BCUT2D eigenvalue weighted by atomic mass is 32.2. The number of amides is 3. The van der Waals surface area contributed by atoms with E-state index >= 15 is 0 Å². The predicted molar refractivity (Wildman–Crippen MR) is 193 cm³/mol. The monoisotopic (exact) mass is 732 g/mol. The highest BCUT2D eigenvalue weighted by molar-refractivity contribution is 7.88. The van der Waals surface area contributed by atoms with Gasteiger partial charge in [0.15, 0.2) is 0 Å². The van der Waals surface area contributed by atoms with Gasteiger partial charge < -0.3 is 19.7 Å². The number of piperidine rings is 1. The molecule has 4 N–H and O–H groups in total. The van der Waals surface area contributed by atoms with Crippen LogP contribution in [0.15, 0.2) is 35.3 Å². The molecule has 3 fully saturated rings. The molecular formula is C36H56N6O8S. The highest BCUT2D eigenvalue weighted by Gasteiger charge is 2.39. The van der Waals surface area contributed by atoms with Gasteiger partial charge in [-0.3, -0.25) is 20.2 Å². The smallest absolute Gasteiger partial charge is 0.431 e. The summed E-state index contributed by atoms with van der Waals surface area (Å²) < 4.78 is 37.6. The van der Waals surface area contributed by atoms with Gasteiger partial charge in [-0.2, -0.15) is 0 Å². The number of aliphatic imine (C=N–C) groups is 1. The molecule has 3 aliphatic rings. The number of sulfonamides is 1. The number of rotatable bonds is 14. The van der Waals surface area contributed by atoms with Gasteiger partial charge in [-0.05, 0) is 82.6 Å². The Morgan fingerprint density at radius 3 is 2.43 bits per heavy atom. The van der Waals surface area contributed by atoms with E-state index in [2.05, 4.69) is 15.0 Å². The lowest BCUT2D eigenvalue weighted by molar-refractivity contribution is -0.139. The number of nitrogens with one attached hydrogen (secondary N) is 2. The molecule has 1 aromatic rings. The van der Waals surface area contributed by atoms with Crippen molar-refractivity contribution in [3.8, 4) is 0 Å². The highest BCUT2D eigenvalue weighted by Crippen LogP contribution is 2.28. The molecule has 2 saturated heterocycles. The van der Waals surface area contributed by atoms with E-state index in [0.717, 1.165) is 50.3 Å². The number of ether oxygens (including phenoxy) is 2. The molecule has 0 spiro atoms. The Morgan fingerprint density at radius 1 is 1.04 bits per heavy atom. The largest absolute Gasteiger partial charge is 0.508 e. The summed E-state index contributed by atoms with van der Waals surface area (Å²) in [5.74, 6) is 5.25. The summed E-state index contributed by atoms with van der Waals surface area (Å²) in [5.41, 5.74) is -0.0960. The van der Waals surface area contributed by atoms with Crippen molar-refractivity contribution in [3.05, 3.63) is 35.9 Å². The summed E-state index contributed by atoms with van der Waals surface area (Å²) in [6.07, 6.45) is 8.96. The van der Waals surface area contributed by atoms with Crippen LogP contribution in [0, 0.1) is 11.3 Å². The van der Waals surface area contributed by atoms with E-state index in [0.29, 0.717) is 38.9 Å². The lowest BCUT2D eigenvalue weighted by Gasteiger charge is -2.35. The number of hydrogen-bond acceptors (Lipinski definition) is 10. The molecule has 284 valence electrons. The third-order valence-electron chi connectivity index (χ3n) is 9.99. The van der Waals surface area contributed by atoms with Gasteiger partial charge in [0.1, 0.15) is 24.3 Å². The van der Waals surface area contributed by atoms with Crippen molar-refractivity contribution in [2.45, 2.75) is 122 Å². The van der Waals surface area contributed by atoms with E-state index in [-0.39, 0.29) is 42.7 Å². The van der Waals surface area contributed by atoms with Crippen LogP contribution in [0.5, 0.6) is 0 Å². The van der Waals surface area contributed by atoms with Crippen LogP contribution in [0.4, 0.5) is 4.79 Å². The average Bonchev–Trinajstić information content (AvgIpc) is 3.56. The maximum Gasteiger partial charge on any atom is 0.508 e. The van der Waals surface area contributed by atoms with Gasteiger partial charge in [0.05, 0.1) is 12.3 Å². The predicted octanol–water partition coefficient (Wildman–Crippen LogP) is 3.10. The fourth-order valence-corrected chi connectivity index (χ4v) is 7.97. The van der Waals surface area contributed by atoms with Crippen LogP contribution >= 0.6 is 0 Å². The lowest BCUT2D eigenvalue weighted by Crippen LogP contribution is -2.55. The van der Waals surface area contributed by atoms with Crippen molar-refractivity contribution in [2.24, 2.45) is 22.2 Å². The first kappa shape index (κ1) is 40.4. The van der Waals surface area contributed by atoms with Crippen LogP contribution < -0.4 is 15.9 Å². The van der Waals surface area contributed by atoms with Gasteiger partial charge in [-0.15, -0.1) is 0 Å². The van der Waals surface area contributed by atoms with Crippen molar-refractivity contribution in [1.82, 2.24) is 19.9 Å². The van der Waals surface area contributed by atoms with E-state index in [1.807, 2.05) is 30.3 Å².